The minimum Gasteiger partial charge on any atom is -0.452 e. The third-order valence-corrected chi connectivity index (χ3v) is 12.6. The van der Waals surface area contributed by atoms with Gasteiger partial charge >= 0.3 is 12.2 Å². The van der Waals surface area contributed by atoms with Gasteiger partial charge in [-0.25, -0.2) is 18.9 Å². The summed E-state index contributed by atoms with van der Waals surface area (Å²) in [6.07, 6.45) is -0.816. The summed E-state index contributed by atoms with van der Waals surface area (Å²) in [7, 11) is -0.692. The van der Waals surface area contributed by atoms with Gasteiger partial charge in [-0.15, -0.1) is 0 Å². The molecule has 2 aliphatic heterocycles. The highest BCUT2D eigenvalue weighted by Crippen LogP contribution is 2.37. The predicted molar refractivity (Wildman–Crippen MR) is 160 cm³/mol. The largest absolute Gasteiger partial charge is 0.452 e. The van der Waals surface area contributed by atoms with Crippen LogP contribution in [0.1, 0.15) is 32.8 Å². The Labute approximate surface area is 250 Å². The molecule has 2 atom stereocenters. The maximum absolute atomic E-state index is 15.4. The first-order valence-electron chi connectivity index (χ1n) is 13.9. The number of nitrogens with zero attached hydrogens (tertiary/aromatic N) is 4. The molecule has 0 aliphatic carbocycles. The summed E-state index contributed by atoms with van der Waals surface area (Å²) in [5.74, 6) is -0.409. The van der Waals surface area contributed by atoms with Crippen molar-refractivity contribution in [3.63, 3.8) is 0 Å². The van der Waals surface area contributed by atoms with E-state index in [0.29, 0.717) is 24.2 Å². The molecule has 5 rings (SSSR count). The minimum absolute atomic E-state index is 0.0691. The van der Waals surface area contributed by atoms with Crippen molar-refractivity contribution in [3.05, 3.63) is 66.2 Å². The van der Waals surface area contributed by atoms with Crippen molar-refractivity contribution >= 4 is 37.7 Å². The molecule has 2 amide bonds. The fourth-order valence-corrected chi connectivity index (χ4v) is 5.57. The van der Waals surface area contributed by atoms with Crippen LogP contribution < -0.4 is 9.80 Å². The van der Waals surface area contributed by atoms with E-state index in [4.69, 9.17) is 23.3 Å². The zero-order chi connectivity index (χ0) is 30.9. The number of ether oxygens (including phenoxy) is 2. The lowest BCUT2D eigenvalue weighted by Crippen LogP contribution is -2.43. The Morgan fingerprint density at radius 2 is 1.86 bits per heavy atom. The van der Waals surface area contributed by atoms with Crippen LogP contribution in [0.15, 0.2) is 64.5 Å². The first kappa shape index (κ1) is 30.2. The van der Waals surface area contributed by atoms with E-state index in [1.165, 1.54) is 30.4 Å². The maximum Gasteiger partial charge on any atom is 0.418 e. The van der Waals surface area contributed by atoms with E-state index in [9.17, 15) is 9.59 Å². The van der Waals surface area contributed by atoms with E-state index in [1.54, 1.807) is 12.1 Å². The van der Waals surface area contributed by atoms with Gasteiger partial charge in [-0.1, -0.05) is 55.3 Å². The van der Waals surface area contributed by atoms with Crippen LogP contribution in [0.5, 0.6) is 0 Å². The first-order chi connectivity index (χ1) is 20.4. The standard InChI is InChI=1S/C30H35FN4O7Si/c1-30(2,3)43(5,6)40-18-22-16-25(32-42-22)20-9-7-19(8-10-20)23-12-11-21(15-24(23)31)34-17-27(41-28(34)36)35(29(37)38-4)26-13-14-39-33-26/h7-15,22,27H,16-18H2,1-6H3/t22?,27-/m1/s1. The lowest BCUT2D eigenvalue weighted by atomic mass is 9.99. The minimum atomic E-state index is -1.89. The van der Waals surface area contributed by atoms with Gasteiger partial charge in [-0.2, -0.15) is 0 Å². The molecular weight excluding hydrogens is 575 g/mol. The SMILES string of the molecule is COC(=O)N(c1ccon1)[C@H]1CN(c2ccc(-c3ccc(C4=NOC(CO[Si](C)(C)C(C)(C)C)C4)cc3)c(F)c2)C(=O)O1. The number of carbonyl (C=O) groups excluding carboxylic acids is 2. The molecule has 11 nitrogen and oxygen atoms in total. The third-order valence-electron chi connectivity index (χ3n) is 8.09. The molecule has 0 saturated carbocycles. The fraction of sp³-hybridized carbons (Fsp3) is 0.400. The number of hydrogen-bond donors (Lipinski definition) is 0. The number of methoxy groups -OCH3 is 1. The number of rotatable bonds is 8. The van der Waals surface area contributed by atoms with Crippen molar-refractivity contribution in [2.75, 3.05) is 30.1 Å². The maximum atomic E-state index is 15.4. The Morgan fingerprint density at radius 1 is 1.14 bits per heavy atom. The number of cyclic esters (lactones) is 1. The number of anilines is 2. The summed E-state index contributed by atoms with van der Waals surface area (Å²) in [6.45, 7) is 11.4. The summed E-state index contributed by atoms with van der Waals surface area (Å²) < 4.78 is 36.7. The van der Waals surface area contributed by atoms with E-state index < -0.39 is 32.5 Å². The second-order valence-electron chi connectivity index (χ2n) is 11.9. The number of aromatic nitrogens is 1. The van der Waals surface area contributed by atoms with Crippen molar-refractivity contribution < 1.29 is 37.2 Å². The molecule has 1 fully saturated rings. The lowest BCUT2D eigenvalue weighted by molar-refractivity contribution is 0.0427. The Hall–Kier alpha value is -4.23. The number of carbonyl (C=O) groups is 2. The molecule has 228 valence electrons. The van der Waals surface area contributed by atoms with E-state index in [2.05, 4.69) is 44.2 Å². The van der Waals surface area contributed by atoms with Crippen molar-refractivity contribution in [1.29, 1.82) is 0 Å². The van der Waals surface area contributed by atoms with Gasteiger partial charge in [-0.3, -0.25) is 4.90 Å². The Balaban J connectivity index is 1.24. The molecule has 3 aromatic rings. The summed E-state index contributed by atoms with van der Waals surface area (Å²) in [6, 6.07) is 13.3. The van der Waals surface area contributed by atoms with Crippen LogP contribution in [0.25, 0.3) is 11.1 Å². The molecule has 2 aliphatic rings. The highest BCUT2D eigenvalue weighted by Gasteiger charge is 2.41. The van der Waals surface area contributed by atoms with Crippen LogP contribution in [-0.2, 0) is 18.7 Å². The quantitative estimate of drug-likeness (QED) is 0.264. The molecule has 43 heavy (non-hydrogen) atoms. The highest BCUT2D eigenvalue weighted by atomic mass is 28.4. The van der Waals surface area contributed by atoms with Gasteiger partial charge in [0, 0.05) is 18.1 Å². The highest BCUT2D eigenvalue weighted by molar-refractivity contribution is 6.74. The van der Waals surface area contributed by atoms with E-state index in [-0.39, 0.29) is 29.2 Å². The van der Waals surface area contributed by atoms with Crippen LogP contribution in [-0.4, -0.2) is 64.0 Å². The molecule has 1 unspecified atom stereocenters. The number of hydrogen-bond acceptors (Lipinski definition) is 9. The lowest BCUT2D eigenvalue weighted by Gasteiger charge is -2.36. The zero-order valence-corrected chi connectivity index (χ0v) is 26.0. The van der Waals surface area contributed by atoms with Gasteiger partial charge in [0.2, 0.25) is 6.23 Å². The van der Waals surface area contributed by atoms with Crippen LogP contribution in [0.3, 0.4) is 0 Å². The molecule has 3 heterocycles. The van der Waals surface area contributed by atoms with E-state index in [0.717, 1.165) is 16.2 Å². The molecular formula is C30H35FN4O7Si. The summed E-state index contributed by atoms with van der Waals surface area (Å²) in [4.78, 5) is 33.0. The molecule has 13 heteroatoms. The fourth-order valence-electron chi connectivity index (χ4n) is 4.53. The molecule has 1 aromatic heterocycles. The van der Waals surface area contributed by atoms with Gasteiger partial charge in [0.15, 0.2) is 20.2 Å². The average molecular weight is 611 g/mol. The number of halogens is 1. The van der Waals surface area contributed by atoms with Crippen LogP contribution in [0, 0.1) is 5.82 Å². The van der Waals surface area contributed by atoms with Crippen molar-refractivity contribution in [2.24, 2.45) is 5.16 Å². The Kier molecular flexibility index (Phi) is 8.30. The monoisotopic (exact) mass is 610 g/mol. The smallest absolute Gasteiger partial charge is 0.418 e. The van der Waals surface area contributed by atoms with Gasteiger partial charge in [0.25, 0.3) is 0 Å². The average Bonchev–Trinajstić information content (AvgIpc) is 3.74. The molecule has 0 bridgehead atoms. The van der Waals surface area contributed by atoms with Gasteiger partial charge in [0.1, 0.15) is 12.1 Å². The second-order valence-corrected chi connectivity index (χ2v) is 16.7. The number of oxime groups is 1. The van der Waals surface area contributed by atoms with Gasteiger partial charge < -0.3 is 23.3 Å². The third kappa shape index (κ3) is 6.27. The molecule has 0 spiro atoms. The van der Waals surface area contributed by atoms with Gasteiger partial charge in [0.05, 0.1) is 31.7 Å². The van der Waals surface area contributed by atoms with E-state index >= 15 is 4.39 Å². The summed E-state index contributed by atoms with van der Waals surface area (Å²) in [5, 5.41) is 8.12. The normalized spacial score (nSPS) is 18.7. The zero-order valence-electron chi connectivity index (χ0n) is 25.0. The molecule has 1 saturated heterocycles. The van der Waals surface area contributed by atoms with Crippen LogP contribution in [0.4, 0.5) is 25.5 Å². The van der Waals surface area contributed by atoms with Crippen LogP contribution in [0.2, 0.25) is 18.1 Å². The number of amides is 2. The van der Waals surface area contributed by atoms with E-state index in [1.807, 2.05) is 24.3 Å². The molecule has 2 aromatic carbocycles. The van der Waals surface area contributed by atoms with Gasteiger partial charge in [-0.05, 0) is 47.5 Å². The first-order valence-corrected chi connectivity index (χ1v) is 16.8. The second kappa shape index (κ2) is 11.8. The predicted octanol–water partition coefficient (Wildman–Crippen LogP) is 6.55. The van der Waals surface area contributed by atoms with Crippen LogP contribution >= 0.6 is 0 Å². The van der Waals surface area contributed by atoms with Crippen molar-refractivity contribution in [2.45, 2.75) is 57.7 Å². The Morgan fingerprint density at radius 3 is 2.49 bits per heavy atom. The molecule has 0 N–H and O–H groups in total. The van der Waals surface area contributed by atoms with Crippen molar-refractivity contribution in [1.82, 2.24) is 5.16 Å². The Bertz CT molecular complexity index is 1510. The van der Waals surface area contributed by atoms with Crippen molar-refractivity contribution in [3.8, 4) is 11.1 Å². The summed E-state index contributed by atoms with van der Waals surface area (Å²) in [5.41, 5.74) is 3.01. The number of benzene rings is 2. The summed E-state index contributed by atoms with van der Waals surface area (Å²) >= 11 is 0. The molecule has 0 radical (unpaired) electrons. The topological polar surface area (TPSA) is 116 Å².